The molecule has 78 valence electrons. The average Bonchev–Trinajstić information content (AvgIpc) is 2.51. The number of rotatable bonds is 1. The van der Waals surface area contributed by atoms with Gasteiger partial charge in [-0.2, -0.15) is 4.98 Å². The van der Waals surface area contributed by atoms with Crippen molar-refractivity contribution in [1.29, 1.82) is 0 Å². The molecule has 1 aromatic rings. The first-order chi connectivity index (χ1) is 6.86. The minimum absolute atomic E-state index is 0.520. The van der Waals surface area contributed by atoms with Gasteiger partial charge in [-0.15, -0.1) is 0 Å². The van der Waals surface area contributed by atoms with Gasteiger partial charge in [0.25, 0.3) is 0 Å². The van der Waals surface area contributed by atoms with Gasteiger partial charge in [0.1, 0.15) is 0 Å². The van der Waals surface area contributed by atoms with Crippen LogP contribution in [0.1, 0.15) is 56.8 Å². The molecule has 0 radical (unpaired) electrons. The number of hydrogen-bond donors (Lipinski definition) is 0. The largest absolute Gasteiger partial charge is 0.338 e. The maximum Gasteiger partial charge on any atom is 0.232 e. The monoisotopic (exact) mass is 306 g/mol. The first-order valence-corrected chi connectivity index (χ1v) is 6.43. The van der Waals surface area contributed by atoms with Crippen molar-refractivity contribution in [3.8, 4) is 0 Å². The van der Waals surface area contributed by atoms with Gasteiger partial charge < -0.3 is 4.52 Å². The molecular formula is C10H15IN2O. The normalized spacial score (nSPS) is 20.4. The second-order valence-corrected chi connectivity index (χ2v) is 4.91. The molecule has 0 N–H and O–H groups in total. The van der Waals surface area contributed by atoms with Crippen LogP contribution in [0.2, 0.25) is 0 Å². The molecule has 1 heterocycles. The van der Waals surface area contributed by atoms with Crippen LogP contribution >= 0.6 is 22.6 Å². The Kier molecular flexibility index (Phi) is 3.78. The Morgan fingerprint density at radius 1 is 1.07 bits per heavy atom. The van der Waals surface area contributed by atoms with E-state index in [9.17, 15) is 0 Å². The lowest BCUT2D eigenvalue weighted by molar-refractivity contribution is 0.321. The van der Waals surface area contributed by atoms with E-state index in [1.54, 1.807) is 0 Å². The Hall–Kier alpha value is -0.130. The molecule has 0 amide bonds. The van der Waals surface area contributed by atoms with Crippen molar-refractivity contribution in [2.75, 3.05) is 0 Å². The third-order valence-corrected chi connectivity index (χ3v) is 3.31. The smallest absolute Gasteiger partial charge is 0.232 e. The Balaban J connectivity index is 2.00. The van der Waals surface area contributed by atoms with Crippen LogP contribution in [0.15, 0.2) is 4.52 Å². The molecule has 0 saturated heterocycles. The second-order valence-electron chi connectivity index (χ2n) is 3.94. The molecule has 14 heavy (non-hydrogen) atoms. The Labute approximate surface area is 97.8 Å². The van der Waals surface area contributed by atoms with Crippen LogP contribution in [0.25, 0.3) is 0 Å². The van der Waals surface area contributed by atoms with Gasteiger partial charge >= 0.3 is 0 Å². The van der Waals surface area contributed by atoms with Gasteiger partial charge in [-0.25, -0.2) is 0 Å². The molecule has 1 fully saturated rings. The van der Waals surface area contributed by atoms with Crippen molar-refractivity contribution in [3.05, 3.63) is 9.72 Å². The first-order valence-electron chi connectivity index (χ1n) is 5.35. The zero-order valence-electron chi connectivity index (χ0n) is 8.21. The van der Waals surface area contributed by atoms with E-state index in [0.29, 0.717) is 5.92 Å². The zero-order valence-corrected chi connectivity index (χ0v) is 10.4. The van der Waals surface area contributed by atoms with Crippen LogP contribution < -0.4 is 0 Å². The molecular weight excluding hydrogens is 291 g/mol. The van der Waals surface area contributed by atoms with E-state index in [1.165, 1.54) is 44.9 Å². The lowest BCUT2D eigenvalue weighted by atomic mass is 9.91. The van der Waals surface area contributed by atoms with Crippen LogP contribution in [0.4, 0.5) is 0 Å². The van der Waals surface area contributed by atoms with Crippen LogP contribution in [-0.4, -0.2) is 10.1 Å². The summed E-state index contributed by atoms with van der Waals surface area (Å²) in [7, 11) is 0. The fourth-order valence-corrected chi connectivity index (χ4v) is 2.42. The molecule has 1 saturated carbocycles. The minimum Gasteiger partial charge on any atom is -0.338 e. The van der Waals surface area contributed by atoms with Gasteiger partial charge in [-0.1, -0.05) is 37.3 Å². The molecule has 0 aliphatic heterocycles. The summed E-state index contributed by atoms with van der Waals surface area (Å²) in [6.45, 7) is 0. The summed E-state index contributed by atoms with van der Waals surface area (Å²) in [6, 6.07) is 0. The molecule has 0 bridgehead atoms. The van der Waals surface area contributed by atoms with Crippen molar-refractivity contribution in [1.82, 2.24) is 10.1 Å². The number of halogens is 1. The second kappa shape index (κ2) is 5.09. The third kappa shape index (κ3) is 2.68. The summed E-state index contributed by atoms with van der Waals surface area (Å²) in [6.07, 6.45) is 9.18. The van der Waals surface area contributed by atoms with Crippen LogP contribution in [-0.2, 0) is 0 Å². The van der Waals surface area contributed by atoms with Gasteiger partial charge in [-0.3, -0.25) is 0 Å². The zero-order chi connectivity index (χ0) is 9.80. The lowest BCUT2D eigenvalue weighted by Crippen LogP contribution is -2.02. The molecule has 1 aliphatic carbocycles. The highest BCUT2D eigenvalue weighted by Crippen LogP contribution is 2.29. The van der Waals surface area contributed by atoms with E-state index >= 15 is 0 Å². The van der Waals surface area contributed by atoms with Gasteiger partial charge in [0.15, 0.2) is 0 Å². The molecule has 1 aromatic heterocycles. The Morgan fingerprint density at radius 3 is 2.29 bits per heavy atom. The lowest BCUT2D eigenvalue weighted by Gasteiger charge is -2.15. The number of aromatic nitrogens is 2. The van der Waals surface area contributed by atoms with Crippen molar-refractivity contribution in [2.45, 2.75) is 50.9 Å². The van der Waals surface area contributed by atoms with Crippen molar-refractivity contribution < 1.29 is 4.52 Å². The van der Waals surface area contributed by atoms with Crippen molar-refractivity contribution >= 4 is 22.6 Å². The van der Waals surface area contributed by atoms with Crippen molar-refractivity contribution in [3.63, 3.8) is 0 Å². The summed E-state index contributed by atoms with van der Waals surface area (Å²) in [5.74, 6) is 1.38. The highest BCUT2D eigenvalue weighted by molar-refractivity contribution is 14.1. The quantitative estimate of drug-likeness (QED) is 0.745. The van der Waals surface area contributed by atoms with Crippen molar-refractivity contribution in [2.24, 2.45) is 0 Å². The molecule has 4 heteroatoms. The SMILES string of the molecule is Ic1noc(C2CCCCCCC2)n1. The molecule has 2 rings (SSSR count). The predicted molar refractivity (Wildman–Crippen MR) is 62.1 cm³/mol. The fourth-order valence-electron chi connectivity index (χ4n) is 2.09. The molecule has 1 aliphatic rings. The topological polar surface area (TPSA) is 38.9 Å². The molecule has 0 spiro atoms. The van der Waals surface area contributed by atoms with Gasteiger partial charge in [0, 0.05) is 28.5 Å². The molecule has 0 aromatic carbocycles. The Morgan fingerprint density at radius 2 is 1.71 bits per heavy atom. The van der Waals surface area contributed by atoms with E-state index in [-0.39, 0.29) is 0 Å². The third-order valence-electron chi connectivity index (χ3n) is 2.87. The fraction of sp³-hybridized carbons (Fsp3) is 0.800. The standard InChI is InChI=1S/C10H15IN2O/c11-10-12-9(14-13-10)8-6-4-2-1-3-5-7-8/h8H,1-7H2. The number of hydrogen-bond acceptors (Lipinski definition) is 3. The van der Waals surface area contributed by atoms with Crippen LogP contribution in [0.5, 0.6) is 0 Å². The van der Waals surface area contributed by atoms with Gasteiger partial charge in [-0.05, 0) is 12.8 Å². The maximum atomic E-state index is 5.23. The molecule has 0 unspecified atom stereocenters. The van der Waals surface area contributed by atoms with E-state index < -0.39 is 0 Å². The van der Waals surface area contributed by atoms with E-state index in [1.807, 2.05) is 0 Å². The minimum atomic E-state index is 0.520. The van der Waals surface area contributed by atoms with Gasteiger partial charge in [0.05, 0.1) is 0 Å². The van der Waals surface area contributed by atoms with Gasteiger partial charge in [0.2, 0.25) is 9.72 Å². The maximum absolute atomic E-state index is 5.23. The van der Waals surface area contributed by atoms with E-state index in [0.717, 1.165) is 9.72 Å². The predicted octanol–water partition coefficient (Wildman–Crippen LogP) is 3.50. The summed E-state index contributed by atoms with van der Waals surface area (Å²) >= 11 is 2.10. The average molecular weight is 306 g/mol. The number of nitrogens with zero attached hydrogens (tertiary/aromatic N) is 2. The molecule has 3 nitrogen and oxygen atoms in total. The molecule has 0 atom stereocenters. The summed E-state index contributed by atoms with van der Waals surface area (Å²) in [5.41, 5.74) is 0. The summed E-state index contributed by atoms with van der Waals surface area (Å²) < 4.78 is 5.97. The summed E-state index contributed by atoms with van der Waals surface area (Å²) in [5, 5.41) is 3.85. The first kappa shape index (κ1) is 10.4. The highest BCUT2D eigenvalue weighted by atomic mass is 127. The van der Waals surface area contributed by atoms with E-state index in [2.05, 4.69) is 32.7 Å². The van der Waals surface area contributed by atoms with Crippen LogP contribution in [0, 0.1) is 3.83 Å². The van der Waals surface area contributed by atoms with E-state index in [4.69, 9.17) is 4.52 Å². The highest BCUT2D eigenvalue weighted by Gasteiger charge is 2.19. The van der Waals surface area contributed by atoms with Crippen LogP contribution in [0.3, 0.4) is 0 Å². The Bertz CT molecular complexity index is 279. The summed E-state index contributed by atoms with van der Waals surface area (Å²) in [4.78, 5) is 4.32.